The van der Waals surface area contributed by atoms with Crippen molar-refractivity contribution in [3.05, 3.63) is 54.1 Å². The number of hydrogen-bond donors (Lipinski definition) is 1. The number of carbonyl (C=O) groups is 1. The molecule has 1 aromatic heterocycles. The van der Waals surface area contributed by atoms with Gasteiger partial charge in [0, 0.05) is 32.3 Å². The molecule has 0 bridgehead atoms. The molecular formula is C19H28Cl2N4O. The summed E-state index contributed by atoms with van der Waals surface area (Å²) in [5.74, 6) is 0.0400. The lowest BCUT2D eigenvalue weighted by Gasteiger charge is -2.22. The van der Waals surface area contributed by atoms with Crippen molar-refractivity contribution < 1.29 is 4.79 Å². The van der Waals surface area contributed by atoms with Crippen LogP contribution in [0.25, 0.3) is 0 Å². The molecular weight excluding hydrogens is 371 g/mol. The summed E-state index contributed by atoms with van der Waals surface area (Å²) < 4.78 is 2.03. The van der Waals surface area contributed by atoms with Gasteiger partial charge in [-0.25, -0.2) is 4.98 Å². The van der Waals surface area contributed by atoms with Crippen molar-refractivity contribution in [3.63, 3.8) is 0 Å². The van der Waals surface area contributed by atoms with Crippen LogP contribution in [0.4, 0.5) is 0 Å². The Balaban J connectivity index is 0.00000169. The highest BCUT2D eigenvalue weighted by atomic mass is 35.5. The van der Waals surface area contributed by atoms with E-state index in [9.17, 15) is 4.79 Å². The molecule has 1 aliphatic rings. The largest absolute Gasteiger partial charge is 0.341 e. The molecule has 2 N–H and O–H groups in total. The van der Waals surface area contributed by atoms with Gasteiger partial charge in [0.25, 0.3) is 0 Å². The Morgan fingerprint density at radius 2 is 1.96 bits per heavy atom. The molecule has 1 atom stereocenters. The smallest absolute Gasteiger partial charge is 0.239 e. The van der Waals surface area contributed by atoms with Gasteiger partial charge in [0.05, 0.1) is 18.1 Å². The topological polar surface area (TPSA) is 64.2 Å². The van der Waals surface area contributed by atoms with Gasteiger partial charge in [-0.15, -0.1) is 24.8 Å². The van der Waals surface area contributed by atoms with Crippen LogP contribution in [0.2, 0.25) is 0 Å². The van der Waals surface area contributed by atoms with Gasteiger partial charge < -0.3 is 15.2 Å². The number of hydrogen-bond acceptors (Lipinski definition) is 3. The third kappa shape index (κ3) is 5.73. The standard InChI is InChI=1S/C19H26N4O.2ClH/c1-19(2)8-9-23(13-19)18(24)17(20)10-16-12-22(14-21-16)11-15-6-4-3-5-7-15;;/h3-7,12,14,17H,8-11,13,20H2,1-2H3;2*1H/t17-;;/m0../s1. The zero-order valence-corrected chi connectivity index (χ0v) is 16.9. The molecule has 2 aromatic rings. The molecule has 0 unspecified atom stereocenters. The number of imidazole rings is 1. The van der Waals surface area contributed by atoms with Crippen LogP contribution >= 0.6 is 24.8 Å². The molecule has 1 saturated heterocycles. The van der Waals surface area contributed by atoms with Crippen molar-refractivity contribution in [2.45, 2.75) is 39.3 Å². The lowest BCUT2D eigenvalue weighted by molar-refractivity contribution is -0.131. The van der Waals surface area contributed by atoms with E-state index in [0.29, 0.717) is 6.42 Å². The van der Waals surface area contributed by atoms with Gasteiger partial charge in [0.15, 0.2) is 0 Å². The first-order valence-corrected chi connectivity index (χ1v) is 8.52. The molecule has 1 amide bonds. The Morgan fingerprint density at radius 3 is 2.58 bits per heavy atom. The van der Waals surface area contributed by atoms with Crippen molar-refractivity contribution in [1.29, 1.82) is 0 Å². The SMILES string of the molecule is CC1(C)CCN(C(=O)[C@@H](N)Cc2cn(Cc3ccccc3)cn2)C1.Cl.Cl. The molecule has 26 heavy (non-hydrogen) atoms. The predicted molar refractivity (Wildman–Crippen MR) is 109 cm³/mol. The monoisotopic (exact) mass is 398 g/mol. The fourth-order valence-corrected chi connectivity index (χ4v) is 3.24. The number of carbonyl (C=O) groups excluding carboxylic acids is 1. The minimum atomic E-state index is -0.515. The Bertz CT molecular complexity index is 703. The van der Waals surface area contributed by atoms with Crippen LogP contribution in [0.3, 0.4) is 0 Å². The molecule has 1 aliphatic heterocycles. The Morgan fingerprint density at radius 1 is 1.27 bits per heavy atom. The first-order chi connectivity index (χ1) is 11.4. The average molecular weight is 399 g/mol. The van der Waals surface area contributed by atoms with E-state index in [-0.39, 0.29) is 36.1 Å². The summed E-state index contributed by atoms with van der Waals surface area (Å²) in [4.78, 5) is 18.8. The molecule has 3 rings (SSSR count). The quantitative estimate of drug-likeness (QED) is 0.841. The highest BCUT2D eigenvalue weighted by molar-refractivity contribution is 5.85. The number of amides is 1. The van der Waals surface area contributed by atoms with Crippen molar-refractivity contribution in [3.8, 4) is 0 Å². The molecule has 5 nitrogen and oxygen atoms in total. The van der Waals surface area contributed by atoms with Gasteiger partial charge in [0.1, 0.15) is 0 Å². The van der Waals surface area contributed by atoms with Crippen LogP contribution in [0.5, 0.6) is 0 Å². The number of nitrogens with two attached hydrogens (primary N) is 1. The van der Waals surface area contributed by atoms with Crippen molar-refractivity contribution in [2.24, 2.45) is 11.1 Å². The van der Waals surface area contributed by atoms with Crippen LogP contribution in [0, 0.1) is 5.41 Å². The number of benzene rings is 1. The number of halogens is 2. The van der Waals surface area contributed by atoms with Crippen LogP contribution in [-0.4, -0.2) is 39.5 Å². The maximum Gasteiger partial charge on any atom is 0.239 e. The van der Waals surface area contributed by atoms with Crippen molar-refractivity contribution in [2.75, 3.05) is 13.1 Å². The maximum absolute atomic E-state index is 12.5. The van der Waals surface area contributed by atoms with E-state index < -0.39 is 6.04 Å². The number of aromatic nitrogens is 2. The zero-order valence-electron chi connectivity index (χ0n) is 15.3. The van der Waals surface area contributed by atoms with E-state index in [1.807, 2.05) is 33.9 Å². The zero-order chi connectivity index (χ0) is 17.2. The Hall–Kier alpha value is -1.56. The molecule has 2 heterocycles. The summed E-state index contributed by atoms with van der Waals surface area (Å²) in [7, 11) is 0. The maximum atomic E-state index is 12.5. The highest BCUT2D eigenvalue weighted by Crippen LogP contribution is 2.29. The van der Waals surface area contributed by atoms with E-state index in [1.54, 1.807) is 6.33 Å². The molecule has 0 aliphatic carbocycles. The van der Waals surface area contributed by atoms with Gasteiger partial charge in [-0.3, -0.25) is 4.79 Å². The molecule has 7 heteroatoms. The lowest BCUT2D eigenvalue weighted by atomic mass is 9.93. The average Bonchev–Trinajstić information content (AvgIpc) is 3.13. The summed E-state index contributed by atoms with van der Waals surface area (Å²) in [6, 6.07) is 9.72. The van der Waals surface area contributed by atoms with E-state index >= 15 is 0 Å². The highest BCUT2D eigenvalue weighted by Gasteiger charge is 2.34. The Kier molecular flexibility index (Phi) is 8.13. The second-order valence-electron chi connectivity index (χ2n) is 7.51. The summed E-state index contributed by atoms with van der Waals surface area (Å²) in [5.41, 5.74) is 8.43. The molecule has 1 fully saturated rings. The second-order valence-corrected chi connectivity index (χ2v) is 7.51. The lowest BCUT2D eigenvalue weighted by Crippen LogP contribution is -2.44. The fourth-order valence-electron chi connectivity index (χ4n) is 3.24. The Labute approximate surface area is 167 Å². The van der Waals surface area contributed by atoms with Gasteiger partial charge in [-0.1, -0.05) is 44.2 Å². The summed E-state index contributed by atoms with van der Waals surface area (Å²) in [6.07, 6.45) is 5.31. The van der Waals surface area contributed by atoms with Crippen LogP contribution < -0.4 is 5.73 Å². The normalized spacial score (nSPS) is 16.5. The second kappa shape index (κ2) is 9.40. The molecule has 1 aromatic carbocycles. The summed E-state index contributed by atoms with van der Waals surface area (Å²) in [6.45, 7) is 6.76. The van der Waals surface area contributed by atoms with Gasteiger partial charge in [-0.05, 0) is 17.4 Å². The van der Waals surface area contributed by atoms with Gasteiger partial charge in [0.2, 0.25) is 5.91 Å². The van der Waals surface area contributed by atoms with Gasteiger partial charge >= 0.3 is 0 Å². The number of rotatable bonds is 5. The number of nitrogens with zero attached hydrogens (tertiary/aromatic N) is 3. The number of likely N-dealkylation sites (tertiary alicyclic amines) is 1. The molecule has 0 spiro atoms. The minimum Gasteiger partial charge on any atom is -0.341 e. The molecule has 0 radical (unpaired) electrons. The van der Waals surface area contributed by atoms with Crippen LogP contribution in [0.15, 0.2) is 42.9 Å². The van der Waals surface area contributed by atoms with Gasteiger partial charge in [-0.2, -0.15) is 0 Å². The summed E-state index contributed by atoms with van der Waals surface area (Å²) in [5, 5.41) is 0. The van der Waals surface area contributed by atoms with Crippen molar-refractivity contribution in [1.82, 2.24) is 14.5 Å². The minimum absolute atomic E-state index is 0. The van der Waals surface area contributed by atoms with E-state index in [2.05, 4.69) is 31.0 Å². The van der Waals surface area contributed by atoms with E-state index in [1.165, 1.54) is 5.56 Å². The molecule has 144 valence electrons. The predicted octanol–water partition coefficient (Wildman–Crippen LogP) is 2.90. The third-order valence-corrected chi connectivity index (χ3v) is 4.63. The van der Waals surface area contributed by atoms with E-state index in [4.69, 9.17) is 5.73 Å². The fraction of sp³-hybridized carbons (Fsp3) is 0.474. The first kappa shape index (κ1) is 22.5. The van der Waals surface area contributed by atoms with Crippen LogP contribution in [-0.2, 0) is 17.8 Å². The first-order valence-electron chi connectivity index (χ1n) is 8.52. The molecule has 0 saturated carbocycles. The van der Waals surface area contributed by atoms with Crippen LogP contribution in [0.1, 0.15) is 31.5 Å². The summed E-state index contributed by atoms with van der Waals surface area (Å²) >= 11 is 0. The third-order valence-electron chi connectivity index (χ3n) is 4.63. The van der Waals surface area contributed by atoms with E-state index in [0.717, 1.165) is 31.7 Å². The van der Waals surface area contributed by atoms with Crippen molar-refractivity contribution >= 4 is 30.7 Å².